The van der Waals surface area contributed by atoms with Crippen molar-refractivity contribution < 1.29 is 59.6 Å². The van der Waals surface area contributed by atoms with E-state index in [0.29, 0.717) is 0 Å². The molecule has 0 radical (unpaired) electrons. The molecule has 27 heteroatoms. The van der Waals surface area contributed by atoms with Crippen LogP contribution in [-0.2, 0) is 45.7 Å². The molecule has 300 valence electrons. The quantitative estimate of drug-likeness (QED) is 0.0689. The number of halogens is 2. The van der Waals surface area contributed by atoms with E-state index in [4.69, 9.17) is 47.1 Å². The molecule has 56 heavy (non-hydrogen) atoms. The molecule has 0 spiro atoms. The van der Waals surface area contributed by atoms with Crippen molar-refractivity contribution in [2.45, 2.75) is 62.1 Å². The maximum absolute atomic E-state index is 16.5. The number of phosphoric acid groups is 2. The summed E-state index contributed by atoms with van der Waals surface area (Å²) in [5.41, 5.74) is -1.84. The largest absolute Gasteiger partial charge is 0.475 e. The third-order valence-electron chi connectivity index (χ3n) is 8.17. The lowest BCUT2D eigenvalue weighted by Gasteiger charge is -2.27. The van der Waals surface area contributed by atoms with Crippen molar-refractivity contribution >= 4 is 38.0 Å². The predicted octanol–water partition coefficient (Wildman–Crippen LogP) is 1.78. The fourth-order valence-corrected chi connectivity index (χ4v) is 8.42. The second kappa shape index (κ2) is 17.7. The number of alkyl halides is 2. The van der Waals surface area contributed by atoms with Gasteiger partial charge >= 0.3 is 15.6 Å². The number of ether oxygens (including phenoxy) is 2. The minimum absolute atomic E-state index is 0.0837. The van der Waals surface area contributed by atoms with Gasteiger partial charge in [0.2, 0.25) is 0 Å². The van der Waals surface area contributed by atoms with E-state index in [1.54, 1.807) is 12.1 Å². The van der Waals surface area contributed by atoms with Crippen LogP contribution in [0.5, 0.6) is 0 Å². The average molecular weight is 829 g/mol. The van der Waals surface area contributed by atoms with E-state index in [2.05, 4.69) is 36.5 Å². The number of aromatic nitrogens is 8. The van der Waals surface area contributed by atoms with E-state index >= 15 is 8.78 Å². The van der Waals surface area contributed by atoms with Crippen molar-refractivity contribution in [3.8, 4) is 12.1 Å². The SMILES string of the molecule is C=CCOP(=O)(OCCC#N)OC1C(COP(=O)(OCCC#N)O[C@@H]2C(CO)OC(n3cnc4c(=O)[nH]cnc43)[C@@H]2F)OC(n2cnc3c(=O)[nH]cnc32)[C@@H]1F. The van der Waals surface area contributed by atoms with Gasteiger partial charge in [-0.15, -0.1) is 6.58 Å². The number of fused-ring (bicyclic) bond motifs is 2. The van der Waals surface area contributed by atoms with Gasteiger partial charge in [0.1, 0.15) is 24.4 Å². The van der Waals surface area contributed by atoms with Crippen molar-refractivity contribution in [1.29, 1.82) is 10.5 Å². The molecule has 2 fully saturated rings. The molecule has 2 aliphatic rings. The highest BCUT2D eigenvalue weighted by Crippen LogP contribution is 2.56. The predicted molar refractivity (Wildman–Crippen MR) is 180 cm³/mol. The third kappa shape index (κ3) is 8.53. The smallest absolute Gasteiger partial charge is 0.394 e. The number of hydrogen-bond donors (Lipinski definition) is 3. The first-order chi connectivity index (χ1) is 27.0. The number of aliphatic hydroxyl groups excluding tert-OH is 1. The minimum Gasteiger partial charge on any atom is -0.394 e. The van der Waals surface area contributed by atoms with Gasteiger partial charge in [-0.1, -0.05) is 6.08 Å². The highest BCUT2D eigenvalue weighted by atomic mass is 31.2. The highest BCUT2D eigenvalue weighted by molar-refractivity contribution is 7.48. The first-order valence-corrected chi connectivity index (χ1v) is 19.4. The summed E-state index contributed by atoms with van der Waals surface area (Å²) >= 11 is 0. The molecule has 0 bridgehead atoms. The summed E-state index contributed by atoms with van der Waals surface area (Å²) < 4.78 is 107. The molecular weight excluding hydrogens is 796 g/mol. The summed E-state index contributed by atoms with van der Waals surface area (Å²) in [6.07, 6.45) is -10.2. The Morgan fingerprint density at radius 1 is 0.821 bits per heavy atom. The van der Waals surface area contributed by atoms with Crippen molar-refractivity contribution in [2.24, 2.45) is 0 Å². The summed E-state index contributed by atoms with van der Waals surface area (Å²) in [4.78, 5) is 45.0. The first kappa shape index (κ1) is 41.0. The zero-order valence-electron chi connectivity index (χ0n) is 28.7. The summed E-state index contributed by atoms with van der Waals surface area (Å²) in [6, 6.07) is 3.54. The summed E-state index contributed by atoms with van der Waals surface area (Å²) in [7, 11) is -9.77. The second-order valence-corrected chi connectivity index (χ2v) is 15.0. The molecule has 2 saturated heterocycles. The molecule has 4 aromatic heterocycles. The number of phosphoric ester groups is 2. The van der Waals surface area contributed by atoms with Gasteiger partial charge < -0.3 is 24.5 Å². The number of nitriles is 2. The molecule has 0 amide bonds. The van der Waals surface area contributed by atoms with E-state index in [1.807, 2.05) is 0 Å². The Morgan fingerprint density at radius 2 is 1.30 bits per heavy atom. The normalized spacial score (nSPS) is 27.2. The Bertz CT molecular complexity index is 2330. The minimum atomic E-state index is -5.05. The van der Waals surface area contributed by atoms with Crippen LogP contribution in [0.1, 0.15) is 25.3 Å². The average Bonchev–Trinajstić information content (AvgIpc) is 3.95. The molecule has 6 rings (SSSR count). The van der Waals surface area contributed by atoms with Crippen LogP contribution < -0.4 is 11.1 Å². The van der Waals surface area contributed by atoms with Gasteiger partial charge in [-0.2, -0.15) is 10.5 Å². The molecule has 3 N–H and O–H groups in total. The Hall–Kier alpha value is -4.62. The number of hydrogen-bond acceptors (Lipinski definition) is 19. The number of imidazole rings is 2. The molecule has 2 aliphatic heterocycles. The summed E-state index contributed by atoms with van der Waals surface area (Å²) in [6.45, 7) is 0.161. The molecule has 7 unspecified atom stereocenters. The van der Waals surface area contributed by atoms with Gasteiger partial charge in [-0.05, 0) is 0 Å². The van der Waals surface area contributed by atoms with Crippen LogP contribution in [0.4, 0.5) is 8.78 Å². The Morgan fingerprint density at radius 3 is 1.79 bits per heavy atom. The maximum Gasteiger partial charge on any atom is 0.475 e. The molecular formula is C29H32F2N10O13P2. The lowest BCUT2D eigenvalue weighted by atomic mass is 10.1. The molecule has 23 nitrogen and oxygen atoms in total. The first-order valence-electron chi connectivity index (χ1n) is 16.5. The maximum atomic E-state index is 16.5. The Kier molecular flexibility index (Phi) is 12.9. The highest BCUT2D eigenvalue weighted by Gasteiger charge is 2.54. The van der Waals surface area contributed by atoms with Crippen molar-refractivity contribution in [1.82, 2.24) is 39.0 Å². The van der Waals surface area contributed by atoms with Crippen molar-refractivity contribution in [3.05, 3.63) is 58.7 Å². The zero-order valence-corrected chi connectivity index (χ0v) is 30.5. The fourth-order valence-electron chi connectivity index (χ4n) is 5.68. The number of nitrogens with zero attached hydrogens (tertiary/aromatic N) is 8. The molecule has 4 aromatic rings. The molecule has 10 atom stereocenters. The Labute approximate surface area is 312 Å². The molecule has 6 heterocycles. The zero-order chi connectivity index (χ0) is 40.0. The second-order valence-electron chi connectivity index (χ2n) is 11.7. The van der Waals surface area contributed by atoms with Crippen LogP contribution in [0.15, 0.2) is 47.6 Å². The van der Waals surface area contributed by atoms with Gasteiger partial charge in [0.25, 0.3) is 11.1 Å². The van der Waals surface area contributed by atoms with E-state index < -0.39 is 109 Å². The standard InChI is InChI=1S/C29H32F2N10O13P2/c1-2-7-47-55(45,48-8-3-5-32)54-23-17(52-29(19(23)31)41-15-39-21-25(41)35-13-37-27(21)44)11-50-56(46,49-9-4-6-33)53-22-16(10-42)51-28(18(22)30)40-14-38-20-24(40)34-12-36-26(20)43/h2,12-19,22-23,28-29,42H,1,3-4,7-11H2,(H,34,36,43)(H,35,37,44)/t16?,17?,18-,19-,22-,23?,28?,29?,55?,56?/m1/s1. The lowest BCUT2D eigenvalue weighted by Crippen LogP contribution is -2.36. The lowest BCUT2D eigenvalue weighted by molar-refractivity contribution is -0.0592. The topological polar surface area (TPSA) is 303 Å². The molecule has 0 aliphatic carbocycles. The van der Waals surface area contributed by atoms with E-state index in [-0.39, 0.29) is 35.2 Å². The summed E-state index contributed by atoms with van der Waals surface area (Å²) in [5, 5.41) is 28.2. The van der Waals surface area contributed by atoms with Crippen LogP contribution in [0.25, 0.3) is 22.3 Å². The van der Waals surface area contributed by atoms with Crippen LogP contribution in [-0.4, -0.2) is 114 Å². The summed E-state index contributed by atoms with van der Waals surface area (Å²) in [5.74, 6) is 0. The third-order valence-corrected chi connectivity index (χ3v) is 11.1. The molecule has 0 aromatic carbocycles. The van der Waals surface area contributed by atoms with E-state index in [9.17, 15) is 23.8 Å². The fraction of sp³-hybridized carbons (Fsp3) is 0.517. The number of H-pyrrole nitrogens is 2. The van der Waals surface area contributed by atoms with Gasteiger partial charge in [-0.3, -0.25) is 45.9 Å². The van der Waals surface area contributed by atoms with E-state index in [1.165, 1.54) is 6.08 Å². The monoisotopic (exact) mass is 828 g/mol. The van der Waals surface area contributed by atoms with Gasteiger partial charge in [-0.25, -0.2) is 37.8 Å². The number of nitrogens with one attached hydrogen (secondary N) is 2. The molecule has 0 saturated carbocycles. The van der Waals surface area contributed by atoms with E-state index in [0.717, 1.165) is 34.4 Å². The van der Waals surface area contributed by atoms with Crippen LogP contribution in [0, 0.1) is 22.7 Å². The Balaban J connectivity index is 1.29. The van der Waals surface area contributed by atoms with Crippen LogP contribution in [0.2, 0.25) is 0 Å². The van der Waals surface area contributed by atoms with Crippen LogP contribution in [0.3, 0.4) is 0 Å². The number of rotatable bonds is 19. The number of aromatic amines is 2. The van der Waals surface area contributed by atoms with Gasteiger partial charge in [0.05, 0.1) is 83.3 Å². The number of aliphatic hydroxyl groups is 1. The van der Waals surface area contributed by atoms with Crippen molar-refractivity contribution in [2.75, 3.05) is 33.0 Å². The van der Waals surface area contributed by atoms with Crippen LogP contribution >= 0.6 is 15.6 Å². The van der Waals surface area contributed by atoms with Crippen molar-refractivity contribution in [3.63, 3.8) is 0 Å². The van der Waals surface area contributed by atoms with Gasteiger partial charge in [0, 0.05) is 0 Å². The van der Waals surface area contributed by atoms with Gasteiger partial charge in [0.15, 0.2) is 47.1 Å².